The monoisotopic (exact) mass is 298 g/mol. The molecule has 2 nitrogen and oxygen atoms in total. The lowest BCUT2D eigenvalue weighted by atomic mass is 9.88. The van der Waals surface area contributed by atoms with Crippen LogP contribution in [0.2, 0.25) is 0 Å². The molecule has 0 saturated heterocycles. The van der Waals surface area contributed by atoms with Crippen LogP contribution >= 0.6 is 15.9 Å². The van der Waals surface area contributed by atoms with E-state index in [2.05, 4.69) is 41.2 Å². The van der Waals surface area contributed by atoms with Gasteiger partial charge in [0.15, 0.2) is 0 Å². The number of hydrogen-bond acceptors (Lipinski definition) is 2. The Kier molecular flexibility index (Phi) is 4.95. The number of anilines is 1. The lowest BCUT2D eigenvalue weighted by molar-refractivity contribution is 0.363. The molecule has 4 heteroatoms. The second kappa shape index (κ2) is 6.02. The molecule has 1 N–H and O–H groups in total. The summed E-state index contributed by atoms with van der Waals surface area (Å²) in [7, 11) is 0. The van der Waals surface area contributed by atoms with Crippen molar-refractivity contribution in [2.75, 3.05) is 11.9 Å². The van der Waals surface area contributed by atoms with Gasteiger partial charge in [0.05, 0.1) is 11.8 Å². The zero-order valence-electron chi connectivity index (χ0n) is 10.1. The van der Waals surface area contributed by atoms with E-state index in [0.717, 1.165) is 10.9 Å². The lowest BCUT2D eigenvalue weighted by Gasteiger charge is -2.24. The Morgan fingerprint density at radius 2 is 2.18 bits per heavy atom. The molecule has 0 spiro atoms. The lowest BCUT2D eigenvalue weighted by Crippen LogP contribution is -2.23. The maximum Gasteiger partial charge on any atom is 0.147 e. The Morgan fingerprint density at radius 3 is 2.76 bits per heavy atom. The molecule has 92 valence electrons. The van der Waals surface area contributed by atoms with Crippen LogP contribution in [0.25, 0.3) is 0 Å². The number of halogens is 2. The molecular formula is C13H16BrFN2. The van der Waals surface area contributed by atoms with Crippen molar-refractivity contribution in [1.29, 1.82) is 5.26 Å². The van der Waals surface area contributed by atoms with E-state index in [9.17, 15) is 4.39 Å². The minimum absolute atomic E-state index is 0.0186. The molecule has 0 unspecified atom stereocenters. The summed E-state index contributed by atoms with van der Waals surface area (Å²) in [4.78, 5) is 0. The fourth-order valence-electron chi connectivity index (χ4n) is 1.45. The van der Waals surface area contributed by atoms with E-state index in [-0.39, 0.29) is 11.2 Å². The molecule has 1 aromatic rings. The first-order valence-electron chi connectivity index (χ1n) is 5.50. The van der Waals surface area contributed by atoms with Crippen molar-refractivity contribution in [3.05, 3.63) is 28.5 Å². The first-order chi connectivity index (χ1) is 7.94. The second-order valence-corrected chi connectivity index (χ2v) is 5.72. The Hall–Kier alpha value is -1.08. The highest BCUT2D eigenvalue weighted by Crippen LogP contribution is 2.25. The van der Waals surface area contributed by atoms with Crippen molar-refractivity contribution in [2.24, 2.45) is 5.41 Å². The van der Waals surface area contributed by atoms with Gasteiger partial charge in [0.25, 0.3) is 0 Å². The Morgan fingerprint density at radius 1 is 1.47 bits per heavy atom. The first kappa shape index (κ1) is 14.0. The molecule has 1 aromatic carbocycles. The third-order valence-corrected chi connectivity index (χ3v) is 3.10. The summed E-state index contributed by atoms with van der Waals surface area (Å²) in [5.74, 6) is -0.268. The average molecular weight is 299 g/mol. The summed E-state index contributed by atoms with van der Waals surface area (Å²) < 4.78 is 14.3. The van der Waals surface area contributed by atoms with Gasteiger partial charge in [0, 0.05) is 17.4 Å². The van der Waals surface area contributed by atoms with Crippen LogP contribution in [-0.4, -0.2) is 6.54 Å². The highest BCUT2D eigenvalue weighted by molar-refractivity contribution is 9.10. The average Bonchev–Trinajstić information content (AvgIpc) is 2.25. The molecule has 0 heterocycles. The number of benzene rings is 1. The summed E-state index contributed by atoms with van der Waals surface area (Å²) in [6.45, 7) is 4.77. The van der Waals surface area contributed by atoms with Crippen molar-refractivity contribution < 1.29 is 4.39 Å². The zero-order valence-corrected chi connectivity index (χ0v) is 11.6. The van der Waals surface area contributed by atoms with Gasteiger partial charge in [0.2, 0.25) is 0 Å². The number of nitrogens with one attached hydrogen (secondary N) is 1. The summed E-state index contributed by atoms with van der Waals surface area (Å²) in [6, 6.07) is 7.08. The molecule has 1 rings (SSSR count). The maximum atomic E-state index is 13.5. The van der Waals surface area contributed by atoms with Gasteiger partial charge in [-0.2, -0.15) is 5.26 Å². The Balaban J connectivity index is 2.58. The molecular weight excluding hydrogens is 283 g/mol. The normalized spacial score (nSPS) is 11.0. The van der Waals surface area contributed by atoms with Crippen molar-refractivity contribution >= 4 is 21.6 Å². The molecule has 0 bridgehead atoms. The van der Waals surface area contributed by atoms with Crippen LogP contribution < -0.4 is 5.32 Å². The van der Waals surface area contributed by atoms with Crippen LogP contribution in [0, 0.1) is 22.6 Å². The van der Waals surface area contributed by atoms with E-state index in [0.29, 0.717) is 18.7 Å². The standard InChI is InChI=1S/C13H16BrFN2/c1-13(2,6-3-7-16)9-17-12-5-4-10(14)8-11(12)15/h4-5,8,17H,3,6,9H2,1-2H3. The molecule has 0 aliphatic heterocycles. The van der Waals surface area contributed by atoms with Gasteiger partial charge in [-0.3, -0.25) is 0 Å². The smallest absolute Gasteiger partial charge is 0.147 e. The van der Waals surface area contributed by atoms with E-state index >= 15 is 0 Å². The van der Waals surface area contributed by atoms with Gasteiger partial charge >= 0.3 is 0 Å². The van der Waals surface area contributed by atoms with Crippen molar-refractivity contribution in [3.63, 3.8) is 0 Å². The topological polar surface area (TPSA) is 35.8 Å². The first-order valence-corrected chi connectivity index (χ1v) is 6.30. The van der Waals surface area contributed by atoms with Crippen LogP contribution in [0.15, 0.2) is 22.7 Å². The molecule has 0 atom stereocenters. The van der Waals surface area contributed by atoms with E-state index in [4.69, 9.17) is 5.26 Å². The summed E-state index contributed by atoms with van der Waals surface area (Å²) in [6.07, 6.45) is 1.33. The molecule has 0 radical (unpaired) electrons. The van der Waals surface area contributed by atoms with Gasteiger partial charge in [-0.05, 0) is 30.0 Å². The minimum Gasteiger partial charge on any atom is -0.382 e. The number of rotatable bonds is 5. The molecule has 0 aliphatic rings. The number of hydrogen-bond donors (Lipinski definition) is 1. The second-order valence-electron chi connectivity index (χ2n) is 4.80. The summed E-state index contributed by atoms with van der Waals surface area (Å²) in [5, 5.41) is 11.6. The maximum absolute atomic E-state index is 13.5. The van der Waals surface area contributed by atoms with Crippen LogP contribution in [0.4, 0.5) is 10.1 Å². The molecule has 17 heavy (non-hydrogen) atoms. The Labute approximate surface area is 110 Å². The van der Waals surface area contributed by atoms with Gasteiger partial charge in [0.1, 0.15) is 5.82 Å². The molecule has 0 aromatic heterocycles. The van der Waals surface area contributed by atoms with Gasteiger partial charge < -0.3 is 5.32 Å². The largest absolute Gasteiger partial charge is 0.382 e. The van der Waals surface area contributed by atoms with E-state index in [1.165, 1.54) is 6.07 Å². The summed E-state index contributed by atoms with van der Waals surface area (Å²) in [5.41, 5.74) is 0.480. The molecule has 0 saturated carbocycles. The minimum atomic E-state index is -0.268. The van der Waals surface area contributed by atoms with Crippen LogP contribution in [0.3, 0.4) is 0 Å². The number of nitriles is 1. The zero-order chi connectivity index (χ0) is 12.9. The quantitative estimate of drug-likeness (QED) is 0.878. The van der Waals surface area contributed by atoms with Crippen LogP contribution in [-0.2, 0) is 0 Å². The third kappa shape index (κ3) is 4.74. The molecule has 0 aliphatic carbocycles. The van der Waals surface area contributed by atoms with Crippen molar-refractivity contribution in [1.82, 2.24) is 0 Å². The number of nitrogens with zero attached hydrogens (tertiary/aromatic N) is 1. The summed E-state index contributed by atoms with van der Waals surface area (Å²) >= 11 is 3.22. The third-order valence-electron chi connectivity index (χ3n) is 2.60. The highest BCUT2D eigenvalue weighted by Gasteiger charge is 2.17. The van der Waals surface area contributed by atoms with Crippen molar-refractivity contribution in [2.45, 2.75) is 26.7 Å². The Bertz CT molecular complexity index is 424. The molecule has 0 fully saturated rings. The van der Waals surface area contributed by atoms with E-state index < -0.39 is 0 Å². The predicted molar refractivity (Wildman–Crippen MR) is 71.2 cm³/mol. The highest BCUT2D eigenvalue weighted by atomic mass is 79.9. The predicted octanol–water partition coefficient (Wildman–Crippen LogP) is 4.33. The van der Waals surface area contributed by atoms with E-state index in [1.54, 1.807) is 12.1 Å². The van der Waals surface area contributed by atoms with Crippen LogP contribution in [0.1, 0.15) is 26.7 Å². The van der Waals surface area contributed by atoms with Crippen molar-refractivity contribution in [3.8, 4) is 6.07 Å². The van der Waals surface area contributed by atoms with E-state index in [1.807, 2.05) is 0 Å². The fraction of sp³-hybridized carbons (Fsp3) is 0.462. The SMILES string of the molecule is CC(C)(CCC#N)CNc1ccc(Br)cc1F. The fourth-order valence-corrected chi connectivity index (χ4v) is 1.78. The van der Waals surface area contributed by atoms with Gasteiger partial charge in [-0.25, -0.2) is 4.39 Å². The molecule has 0 amide bonds. The van der Waals surface area contributed by atoms with Gasteiger partial charge in [-0.1, -0.05) is 29.8 Å². The van der Waals surface area contributed by atoms with Crippen LogP contribution in [0.5, 0.6) is 0 Å². The van der Waals surface area contributed by atoms with Gasteiger partial charge in [-0.15, -0.1) is 0 Å².